The molecule has 3 aromatic heterocycles. The second-order valence-electron chi connectivity index (χ2n) is 14.2. The molecule has 0 amide bonds. The summed E-state index contributed by atoms with van der Waals surface area (Å²) in [7, 11) is 0. The van der Waals surface area contributed by atoms with E-state index < -0.39 is 0 Å². The summed E-state index contributed by atoms with van der Waals surface area (Å²) in [4.78, 5) is 10.3. The van der Waals surface area contributed by atoms with E-state index in [-0.39, 0.29) is 0 Å². The molecule has 262 valence electrons. The number of rotatable bonds is 6. The lowest BCUT2D eigenvalue weighted by molar-refractivity contribution is 0.669. The molecule has 0 fully saturated rings. The van der Waals surface area contributed by atoms with E-state index in [1.54, 1.807) is 0 Å². The highest BCUT2D eigenvalue weighted by molar-refractivity contribution is 6.11. The van der Waals surface area contributed by atoms with Crippen LogP contribution in [0.5, 0.6) is 0 Å². The average molecular weight is 716 g/mol. The summed E-state index contributed by atoms with van der Waals surface area (Å²) in [6, 6.07) is 70.3. The van der Waals surface area contributed by atoms with Crippen molar-refractivity contribution in [2.75, 3.05) is 0 Å². The Morgan fingerprint density at radius 3 is 1.55 bits per heavy atom. The van der Waals surface area contributed by atoms with Crippen LogP contribution in [0.1, 0.15) is 0 Å². The van der Waals surface area contributed by atoms with Crippen LogP contribution in [0.25, 0.3) is 106 Å². The molecule has 0 N–H and O–H groups in total. The minimum absolute atomic E-state index is 0.691. The van der Waals surface area contributed by atoms with Gasteiger partial charge in [0.2, 0.25) is 0 Å². The Kier molecular flexibility index (Phi) is 7.46. The number of fused-ring (bicyclic) bond motifs is 6. The predicted molar refractivity (Wildman–Crippen MR) is 231 cm³/mol. The van der Waals surface area contributed by atoms with Gasteiger partial charge < -0.3 is 8.98 Å². The minimum Gasteiger partial charge on any atom is -0.456 e. The highest BCUT2D eigenvalue weighted by Crippen LogP contribution is 2.38. The maximum atomic E-state index is 6.20. The molecule has 0 saturated heterocycles. The lowest BCUT2D eigenvalue weighted by atomic mass is 9.99. The van der Waals surface area contributed by atoms with E-state index >= 15 is 0 Å². The maximum absolute atomic E-state index is 6.20. The molecule has 56 heavy (non-hydrogen) atoms. The van der Waals surface area contributed by atoms with Gasteiger partial charge >= 0.3 is 0 Å². The smallest absolute Gasteiger partial charge is 0.160 e. The molecule has 0 atom stereocenters. The third-order valence-corrected chi connectivity index (χ3v) is 10.9. The molecular weight excluding hydrogens is 683 g/mol. The van der Waals surface area contributed by atoms with Gasteiger partial charge in [-0.2, -0.15) is 0 Å². The van der Waals surface area contributed by atoms with Gasteiger partial charge in [0.15, 0.2) is 5.82 Å². The van der Waals surface area contributed by atoms with Crippen LogP contribution >= 0.6 is 0 Å². The van der Waals surface area contributed by atoms with Crippen molar-refractivity contribution in [1.29, 1.82) is 0 Å². The van der Waals surface area contributed by atoms with Crippen LogP contribution in [0.2, 0.25) is 0 Å². The summed E-state index contributed by atoms with van der Waals surface area (Å²) in [5.41, 5.74) is 14.6. The summed E-state index contributed by atoms with van der Waals surface area (Å²) in [5, 5.41) is 4.60. The molecule has 0 radical (unpaired) electrons. The molecule has 8 aromatic carbocycles. The second-order valence-corrected chi connectivity index (χ2v) is 14.2. The zero-order chi connectivity index (χ0) is 37.0. The number of furan rings is 1. The van der Waals surface area contributed by atoms with Crippen molar-refractivity contribution in [1.82, 2.24) is 14.5 Å². The molecule has 0 saturated carbocycles. The van der Waals surface area contributed by atoms with Crippen molar-refractivity contribution < 1.29 is 4.42 Å². The van der Waals surface area contributed by atoms with E-state index in [0.717, 1.165) is 72.3 Å². The first kappa shape index (κ1) is 31.9. The van der Waals surface area contributed by atoms with Crippen LogP contribution in [0.4, 0.5) is 0 Å². The molecule has 0 aliphatic rings. The van der Waals surface area contributed by atoms with E-state index in [4.69, 9.17) is 14.4 Å². The van der Waals surface area contributed by atoms with Crippen LogP contribution in [0.3, 0.4) is 0 Å². The van der Waals surface area contributed by atoms with Crippen LogP contribution in [0, 0.1) is 0 Å². The fourth-order valence-corrected chi connectivity index (χ4v) is 8.04. The Balaban J connectivity index is 1.03. The van der Waals surface area contributed by atoms with Gasteiger partial charge in [-0.15, -0.1) is 0 Å². The summed E-state index contributed by atoms with van der Waals surface area (Å²) >= 11 is 0. The van der Waals surface area contributed by atoms with Gasteiger partial charge in [-0.3, -0.25) is 0 Å². The Morgan fingerprint density at radius 2 is 0.839 bits per heavy atom. The highest BCUT2D eigenvalue weighted by Gasteiger charge is 2.17. The number of hydrogen-bond acceptors (Lipinski definition) is 3. The molecule has 11 rings (SSSR count). The summed E-state index contributed by atoms with van der Waals surface area (Å²) in [6.07, 6.45) is 0. The van der Waals surface area contributed by atoms with Crippen molar-refractivity contribution in [2.24, 2.45) is 0 Å². The first-order chi connectivity index (χ1) is 27.7. The SMILES string of the molecule is c1ccc(-c2ccc(-c3ccc(-c4cc(-c5ccc6c7ccccc7n(-c7ccc8oc9ccccc9c8c7)c6c5)nc(-c5ccccc5)n4)cc3)cc2)cc1. The Bertz CT molecular complexity index is 3220. The minimum atomic E-state index is 0.691. The van der Waals surface area contributed by atoms with Gasteiger partial charge in [-0.05, 0) is 64.7 Å². The Morgan fingerprint density at radius 1 is 0.321 bits per heavy atom. The number of nitrogens with zero attached hydrogens (tertiary/aromatic N) is 3. The van der Waals surface area contributed by atoms with Gasteiger partial charge in [0.1, 0.15) is 11.2 Å². The van der Waals surface area contributed by atoms with Crippen molar-refractivity contribution in [2.45, 2.75) is 0 Å². The predicted octanol–water partition coefficient (Wildman–Crippen LogP) is 13.8. The average Bonchev–Trinajstić information content (AvgIpc) is 3.82. The fraction of sp³-hybridized carbons (Fsp3) is 0. The zero-order valence-electron chi connectivity index (χ0n) is 30.3. The monoisotopic (exact) mass is 715 g/mol. The maximum Gasteiger partial charge on any atom is 0.160 e. The first-order valence-electron chi connectivity index (χ1n) is 18.9. The molecule has 0 aliphatic carbocycles. The lowest BCUT2D eigenvalue weighted by Gasteiger charge is -2.12. The number of aromatic nitrogens is 3. The highest BCUT2D eigenvalue weighted by atomic mass is 16.3. The summed E-state index contributed by atoms with van der Waals surface area (Å²) in [6.45, 7) is 0. The standard InChI is InChI=1S/C52H33N3O/c1-3-11-34(12-4-1)35-19-21-36(22-20-35)37-23-25-38(26-24-37)46-33-47(54-52(53-46)39-13-5-2-6-14-39)40-27-29-43-42-15-7-9-17-48(42)55(49(43)31-40)41-28-30-51-45(32-41)44-16-8-10-18-50(44)56-51/h1-33H. The van der Waals surface area contributed by atoms with Crippen LogP contribution in [-0.4, -0.2) is 14.5 Å². The summed E-state index contributed by atoms with van der Waals surface area (Å²) < 4.78 is 8.56. The number of benzene rings is 8. The van der Waals surface area contributed by atoms with Crippen molar-refractivity contribution in [3.8, 4) is 61.8 Å². The Labute approximate surface area is 323 Å². The number of para-hydroxylation sites is 2. The molecule has 4 heteroatoms. The molecule has 0 spiro atoms. The van der Waals surface area contributed by atoms with Gasteiger partial charge in [0, 0.05) is 43.9 Å². The zero-order valence-corrected chi connectivity index (χ0v) is 30.3. The molecule has 0 aliphatic heterocycles. The van der Waals surface area contributed by atoms with Gasteiger partial charge in [0.05, 0.1) is 22.4 Å². The van der Waals surface area contributed by atoms with Crippen molar-refractivity contribution in [3.63, 3.8) is 0 Å². The topological polar surface area (TPSA) is 43.9 Å². The van der Waals surface area contributed by atoms with Gasteiger partial charge in [-0.1, -0.05) is 158 Å². The normalized spacial score (nSPS) is 11.6. The second kappa shape index (κ2) is 13.1. The van der Waals surface area contributed by atoms with Crippen LogP contribution in [0.15, 0.2) is 205 Å². The summed E-state index contributed by atoms with van der Waals surface area (Å²) in [5.74, 6) is 0.691. The van der Waals surface area contributed by atoms with Crippen molar-refractivity contribution >= 4 is 43.7 Å². The molecular formula is C52H33N3O. The van der Waals surface area contributed by atoms with E-state index in [9.17, 15) is 0 Å². The van der Waals surface area contributed by atoms with E-state index in [2.05, 4.69) is 168 Å². The Hall–Kier alpha value is -7.56. The quantitative estimate of drug-likeness (QED) is 0.172. The van der Waals surface area contributed by atoms with Gasteiger partial charge in [-0.25, -0.2) is 9.97 Å². The number of hydrogen-bond donors (Lipinski definition) is 0. The largest absolute Gasteiger partial charge is 0.456 e. The third kappa shape index (κ3) is 5.47. The molecule has 11 aromatic rings. The molecule has 3 heterocycles. The first-order valence-corrected chi connectivity index (χ1v) is 18.9. The lowest BCUT2D eigenvalue weighted by Crippen LogP contribution is -1.97. The third-order valence-electron chi connectivity index (χ3n) is 10.9. The van der Waals surface area contributed by atoms with Crippen molar-refractivity contribution in [3.05, 3.63) is 200 Å². The van der Waals surface area contributed by atoms with E-state index in [1.165, 1.54) is 27.5 Å². The van der Waals surface area contributed by atoms with E-state index in [1.807, 2.05) is 36.4 Å². The molecule has 0 bridgehead atoms. The van der Waals surface area contributed by atoms with Crippen LogP contribution in [-0.2, 0) is 0 Å². The fourth-order valence-electron chi connectivity index (χ4n) is 8.04. The molecule has 0 unspecified atom stereocenters. The van der Waals surface area contributed by atoms with Crippen LogP contribution < -0.4 is 0 Å². The molecule has 4 nitrogen and oxygen atoms in total. The van der Waals surface area contributed by atoms with Gasteiger partial charge in [0.25, 0.3) is 0 Å². The van der Waals surface area contributed by atoms with E-state index in [0.29, 0.717) is 5.82 Å².